The Labute approximate surface area is 196 Å². The lowest BCUT2D eigenvalue weighted by Crippen LogP contribution is -2.52. The van der Waals surface area contributed by atoms with Crippen molar-refractivity contribution in [2.24, 2.45) is 0 Å². The van der Waals surface area contributed by atoms with Crippen LogP contribution in [0.4, 0.5) is 5.69 Å². The summed E-state index contributed by atoms with van der Waals surface area (Å²) in [5.74, 6) is -0.428. The van der Waals surface area contributed by atoms with Gasteiger partial charge in [0.2, 0.25) is 21.8 Å². The van der Waals surface area contributed by atoms with E-state index in [9.17, 15) is 18.0 Å². The fraction of sp³-hybridized carbons (Fsp3) is 0.417. The average Bonchev–Trinajstić information content (AvgIpc) is 2.77. The van der Waals surface area contributed by atoms with E-state index in [1.54, 1.807) is 32.0 Å². The Morgan fingerprint density at radius 3 is 2.36 bits per heavy atom. The van der Waals surface area contributed by atoms with Crippen LogP contribution in [0.5, 0.6) is 5.75 Å². The maximum atomic E-state index is 13.4. The predicted octanol–water partition coefficient (Wildman–Crippen LogP) is 2.37. The molecule has 0 saturated carbocycles. The van der Waals surface area contributed by atoms with Gasteiger partial charge in [-0.15, -0.1) is 0 Å². The van der Waals surface area contributed by atoms with Crippen molar-refractivity contribution in [3.63, 3.8) is 0 Å². The molecule has 0 unspecified atom stereocenters. The third kappa shape index (κ3) is 7.21. The van der Waals surface area contributed by atoms with Gasteiger partial charge in [-0.2, -0.15) is 0 Å². The van der Waals surface area contributed by atoms with Gasteiger partial charge in [0.15, 0.2) is 0 Å². The van der Waals surface area contributed by atoms with Gasteiger partial charge in [0.1, 0.15) is 18.3 Å². The number of hydrogen-bond acceptors (Lipinski definition) is 5. The molecular weight excluding hydrogens is 442 g/mol. The number of nitrogens with zero attached hydrogens (tertiary/aromatic N) is 2. The van der Waals surface area contributed by atoms with Crippen molar-refractivity contribution in [3.05, 3.63) is 59.7 Å². The van der Waals surface area contributed by atoms with Crippen molar-refractivity contribution in [3.8, 4) is 5.75 Å². The Morgan fingerprint density at radius 1 is 1.12 bits per heavy atom. The fourth-order valence-corrected chi connectivity index (χ4v) is 4.33. The Morgan fingerprint density at radius 2 is 1.79 bits per heavy atom. The van der Waals surface area contributed by atoms with Crippen LogP contribution in [0.1, 0.15) is 25.0 Å². The molecule has 9 heteroatoms. The third-order valence-electron chi connectivity index (χ3n) is 5.28. The Balaban J connectivity index is 2.37. The molecule has 0 radical (unpaired) electrons. The van der Waals surface area contributed by atoms with Gasteiger partial charge < -0.3 is 15.0 Å². The highest BCUT2D eigenvalue weighted by molar-refractivity contribution is 7.92. The first kappa shape index (κ1) is 26.2. The summed E-state index contributed by atoms with van der Waals surface area (Å²) in [5.41, 5.74) is 2.12. The monoisotopic (exact) mass is 475 g/mol. The van der Waals surface area contributed by atoms with Crippen LogP contribution in [0.25, 0.3) is 0 Å². The molecule has 0 heterocycles. The number of carbonyl (C=O) groups is 2. The number of ether oxygens (including phenoxy) is 1. The van der Waals surface area contributed by atoms with Crippen LogP contribution in [0.2, 0.25) is 0 Å². The highest BCUT2D eigenvalue weighted by Crippen LogP contribution is 2.31. The van der Waals surface area contributed by atoms with Crippen molar-refractivity contribution >= 4 is 27.5 Å². The summed E-state index contributed by atoms with van der Waals surface area (Å²) in [6, 6.07) is 14.0. The molecule has 33 heavy (non-hydrogen) atoms. The van der Waals surface area contributed by atoms with E-state index in [1.807, 2.05) is 37.3 Å². The molecule has 180 valence electrons. The summed E-state index contributed by atoms with van der Waals surface area (Å²) in [4.78, 5) is 27.4. The van der Waals surface area contributed by atoms with Crippen LogP contribution in [0, 0.1) is 6.92 Å². The van der Waals surface area contributed by atoms with E-state index in [-0.39, 0.29) is 18.1 Å². The third-order valence-corrected chi connectivity index (χ3v) is 6.41. The lowest BCUT2D eigenvalue weighted by molar-refractivity contribution is -0.138. The normalized spacial score (nSPS) is 12.0. The molecule has 1 atom stereocenters. The molecule has 0 saturated heterocycles. The topological polar surface area (TPSA) is 96.0 Å². The molecular formula is C24H33N3O5S. The van der Waals surface area contributed by atoms with E-state index in [0.29, 0.717) is 18.7 Å². The molecule has 0 aliphatic rings. The number of aryl methyl sites for hydroxylation is 1. The van der Waals surface area contributed by atoms with E-state index in [4.69, 9.17) is 4.74 Å². The first-order chi connectivity index (χ1) is 15.6. The van der Waals surface area contributed by atoms with Crippen LogP contribution in [0.3, 0.4) is 0 Å². The molecule has 2 aromatic carbocycles. The first-order valence-electron chi connectivity index (χ1n) is 10.8. The highest BCUT2D eigenvalue weighted by Gasteiger charge is 2.30. The summed E-state index contributed by atoms with van der Waals surface area (Å²) in [7, 11) is -2.37. The molecule has 0 aliphatic carbocycles. The van der Waals surface area contributed by atoms with Crippen LogP contribution in [-0.4, -0.2) is 64.2 Å². The minimum atomic E-state index is -3.81. The Kier molecular flexibility index (Phi) is 9.28. The number of nitrogens with one attached hydrogen (secondary N) is 1. The number of benzene rings is 2. The summed E-state index contributed by atoms with van der Waals surface area (Å²) in [5, 5.41) is 2.74. The van der Waals surface area contributed by atoms with Gasteiger partial charge in [-0.1, -0.05) is 36.4 Å². The van der Waals surface area contributed by atoms with Crippen LogP contribution in [-0.2, 0) is 26.0 Å². The highest BCUT2D eigenvalue weighted by atomic mass is 32.2. The Bertz CT molecular complexity index is 1060. The second kappa shape index (κ2) is 11.7. The molecule has 2 rings (SSSR count). The molecule has 8 nitrogen and oxygen atoms in total. The molecule has 2 amide bonds. The molecule has 0 aliphatic heterocycles. The second-order valence-corrected chi connectivity index (χ2v) is 9.75. The van der Waals surface area contributed by atoms with Gasteiger partial charge in [0.25, 0.3) is 0 Å². The van der Waals surface area contributed by atoms with E-state index in [1.165, 1.54) is 12.0 Å². The van der Waals surface area contributed by atoms with E-state index >= 15 is 0 Å². The molecule has 1 N–H and O–H groups in total. The van der Waals surface area contributed by atoms with Gasteiger partial charge in [-0.3, -0.25) is 13.9 Å². The van der Waals surface area contributed by atoms with Crippen molar-refractivity contribution in [1.82, 2.24) is 10.2 Å². The minimum Gasteiger partial charge on any atom is -0.495 e. The maximum Gasteiger partial charge on any atom is 0.244 e. The smallest absolute Gasteiger partial charge is 0.244 e. The van der Waals surface area contributed by atoms with Crippen molar-refractivity contribution in [2.45, 2.75) is 33.2 Å². The number of rotatable bonds is 11. The standard InChI is InChI=1S/C24H33N3O5S/c1-6-25-24(29)19(3)26(15-14-20-10-8-7-9-11-20)23(28)17-27(33(5,30)31)21-16-18(2)12-13-22(21)32-4/h7-13,16,19H,6,14-15,17H2,1-5H3,(H,25,29)/t19-/m0/s1. The van der Waals surface area contributed by atoms with Crippen molar-refractivity contribution in [1.29, 1.82) is 0 Å². The van der Waals surface area contributed by atoms with E-state index < -0.39 is 28.5 Å². The van der Waals surface area contributed by atoms with Crippen LogP contribution >= 0.6 is 0 Å². The fourth-order valence-electron chi connectivity index (χ4n) is 3.48. The minimum absolute atomic E-state index is 0.268. The number of methoxy groups -OCH3 is 1. The zero-order valence-corrected chi connectivity index (χ0v) is 20.7. The van der Waals surface area contributed by atoms with Crippen LogP contribution in [0.15, 0.2) is 48.5 Å². The summed E-state index contributed by atoms with van der Waals surface area (Å²) in [6.07, 6.45) is 1.58. The maximum absolute atomic E-state index is 13.4. The lowest BCUT2D eigenvalue weighted by Gasteiger charge is -2.31. The number of sulfonamides is 1. The zero-order chi connectivity index (χ0) is 24.6. The molecule has 0 aromatic heterocycles. The number of likely N-dealkylation sites (N-methyl/N-ethyl adjacent to an activating group) is 1. The molecule has 0 spiro atoms. The summed E-state index contributed by atoms with van der Waals surface area (Å²) in [6.45, 7) is 5.53. The quantitative estimate of drug-likeness (QED) is 0.538. The second-order valence-electron chi connectivity index (χ2n) is 7.84. The largest absolute Gasteiger partial charge is 0.495 e. The number of anilines is 1. The lowest BCUT2D eigenvalue weighted by atomic mass is 10.1. The summed E-state index contributed by atoms with van der Waals surface area (Å²) < 4.78 is 31.7. The Hall–Kier alpha value is -3.07. The zero-order valence-electron chi connectivity index (χ0n) is 19.9. The number of hydrogen-bond donors (Lipinski definition) is 1. The SMILES string of the molecule is CCNC(=O)[C@H](C)N(CCc1ccccc1)C(=O)CN(c1cc(C)ccc1OC)S(C)(=O)=O. The first-order valence-corrected chi connectivity index (χ1v) is 12.7. The average molecular weight is 476 g/mol. The van der Waals surface area contributed by atoms with Gasteiger partial charge in [0, 0.05) is 13.1 Å². The summed E-state index contributed by atoms with van der Waals surface area (Å²) >= 11 is 0. The molecule has 0 fully saturated rings. The van der Waals surface area contributed by atoms with Crippen molar-refractivity contribution < 1.29 is 22.7 Å². The predicted molar refractivity (Wildman–Crippen MR) is 130 cm³/mol. The van der Waals surface area contributed by atoms with Gasteiger partial charge in [0.05, 0.1) is 19.1 Å². The number of carbonyl (C=O) groups excluding carboxylic acids is 2. The molecule has 2 aromatic rings. The van der Waals surface area contributed by atoms with Crippen LogP contribution < -0.4 is 14.4 Å². The van der Waals surface area contributed by atoms with E-state index in [2.05, 4.69) is 5.32 Å². The number of amides is 2. The van der Waals surface area contributed by atoms with E-state index in [0.717, 1.165) is 21.7 Å². The van der Waals surface area contributed by atoms with Gasteiger partial charge in [-0.25, -0.2) is 8.42 Å². The molecule has 0 bridgehead atoms. The van der Waals surface area contributed by atoms with Gasteiger partial charge in [-0.05, 0) is 50.5 Å². The van der Waals surface area contributed by atoms with Crippen molar-refractivity contribution in [2.75, 3.05) is 37.3 Å². The van der Waals surface area contributed by atoms with Gasteiger partial charge >= 0.3 is 0 Å².